The van der Waals surface area contributed by atoms with Gasteiger partial charge in [-0.3, -0.25) is 0 Å². The third-order valence-electron chi connectivity index (χ3n) is 7.70. The molecule has 0 bridgehead atoms. The molecule has 0 saturated heterocycles. The van der Waals surface area contributed by atoms with Crippen LogP contribution in [0.5, 0.6) is 0 Å². The summed E-state index contributed by atoms with van der Waals surface area (Å²) in [6.07, 6.45) is 0. The molecule has 2 aromatic heterocycles. The second-order valence-corrected chi connectivity index (χ2v) is 10.3. The summed E-state index contributed by atoms with van der Waals surface area (Å²) in [7, 11) is 0. The van der Waals surface area contributed by atoms with Crippen molar-refractivity contribution in [2.24, 2.45) is 0 Å². The predicted molar refractivity (Wildman–Crippen MR) is 200 cm³/mol. The zero-order valence-electron chi connectivity index (χ0n) is 51.8. The largest absolute Gasteiger partial charge is 0.456 e. The molecule has 0 spiro atoms. The van der Waals surface area contributed by atoms with Crippen LogP contribution in [-0.2, 0) is 0 Å². The van der Waals surface area contributed by atoms with Crippen LogP contribution in [0.3, 0.4) is 0 Å². The summed E-state index contributed by atoms with van der Waals surface area (Å²) in [5.74, 6) is -0.758. The first-order chi connectivity index (χ1) is 35.5. The van der Waals surface area contributed by atoms with E-state index in [9.17, 15) is 12.3 Å². The first-order valence-corrected chi connectivity index (χ1v) is 14.1. The van der Waals surface area contributed by atoms with Gasteiger partial charge in [0.1, 0.15) is 22.5 Å². The van der Waals surface area contributed by atoms with Crippen LogP contribution in [0.2, 0.25) is 0 Å². The molecule has 0 unspecified atom stereocenters. The Morgan fingerprint density at radius 2 is 0.729 bits per heavy atom. The Bertz CT molecular complexity index is 4270. The maximum Gasteiger partial charge on any atom is 0.143 e. The highest BCUT2D eigenvalue weighted by Crippen LogP contribution is 2.46. The summed E-state index contributed by atoms with van der Waals surface area (Å²) >= 11 is 0. The zero-order chi connectivity index (χ0) is 56.0. The summed E-state index contributed by atoms with van der Waals surface area (Å²) < 4.78 is 262. The van der Waals surface area contributed by atoms with Gasteiger partial charge in [0.2, 0.25) is 0 Å². The third kappa shape index (κ3) is 4.06. The molecule has 2 nitrogen and oxygen atoms in total. The molecular weight excluding hydrogens is 585 g/mol. The topological polar surface area (TPSA) is 26.3 Å². The van der Waals surface area contributed by atoms with Crippen molar-refractivity contribution in [3.05, 3.63) is 169 Å². The van der Waals surface area contributed by atoms with E-state index in [1.165, 1.54) is 0 Å². The Balaban J connectivity index is 1.46. The van der Waals surface area contributed by atoms with Crippen molar-refractivity contribution in [1.82, 2.24) is 0 Å². The lowest BCUT2D eigenvalue weighted by Crippen LogP contribution is -1.90. The maximum atomic E-state index is 9.94. The van der Waals surface area contributed by atoms with Gasteiger partial charge in [-0.25, -0.2) is 0 Å². The fourth-order valence-electron chi connectivity index (χ4n) is 5.76. The highest BCUT2D eigenvalue weighted by atomic mass is 16.3. The van der Waals surface area contributed by atoms with Gasteiger partial charge in [0.15, 0.2) is 0 Å². The molecule has 2 heteroatoms. The lowest BCUT2D eigenvalue weighted by molar-refractivity contribution is 0.632. The van der Waals surface area contributed by atoms with E-state index in [2.05, 4.69) is 0 Å². The average molecular weight is 641 g/mol. The number of hydrogen-bond acceptors (Lipinski definition) is 2. The van der Waals surface area contributed by atoms with Crippen LogP contribution in [-0.4, -0.2) is 0 Å². The van der Waals surface area contributed by atoms with Gasteiger partial charge in [0, 0.05) is 27.3 Å². The van der Waals surface area contributed by atoms with E-state index in [4.69, 9.17) is 34.9 Å². The fourth-order valence-corrected chi connectivity index (χ4v) is 5.76. The first-order valence-electron chi connectivity index (χ1n) is 28.1. The molecule has 0 aliphatic carbocycles. The lowest BCUT2D eigenvalue weighted by atomic mass is 9.86. The molecule has 0 fully saturated rings. The van der Waals surface area contributed by atoms with Crippen molar-refractivity contribution in [3.63, 3.8) is 0 Å². The van der Waals surface area contributed by atoms with Crippen molar-refractivity contribution >= 4 is 54.5 Å². The van der Waals surface area contributed by atoms with Gasteiger partial charge in [-0.15, -0.1) is 0 Å². The SMILES string of the molecule is [2H]c1c([2H])c([2H])c(-c2oc3c([2H])c4c(oc5c([2H])c([2H])c(-c6c7c([2H])c([2H])c([2H])c([2H])c7c(-c7c([2H])c([2H])c([2H])c([2H])c7[2H])c7c([2H])c([2H])c([2H])c([2H])c67)c([2H])c54)c([2H])c3c2-c2c([2H])c([2H])c([2H])c([2H])c2[2H])c([2H])c1[2H]. The van der Waals surface area contributed by atoms with Gasteiger partial charge in [-0.2, -0.15) is 0 Å². The quantitative estimate of drug-likeness (QED) is 0.179. The lowest BCUT2D eigenvalue weighted by Gasteiger charge is -2.17. The van der Waals surface area contributed by atoms with Gasteiger partial charge in [0.25, 0.3) is 0 Å². The standard InChI is InChI=1S/C46H28O2/c1-4-14-29(15-5-1)43-33-20-10-12-22-35(33)44(36-23-13-11-21-34(36)43)32-24-25-40-37(26-32)38-27-42-39(28-41(38)47-40)45(30-16-6-2-7-17-30)46(48-42)31-18-8-3-9-19-31/h1-28H/i1D,2D,3D,4D,5D,6D,7D,8D,9D,10D,11D,12D,13D,14D,15D,16D,17D,18D,19D,20D,21D,22D,23D,24D,25D,26D,27D,28D. The minimum absolute atomic E-state index is 0.561. The van der Waals surface area contributed by atoms with E-state index in [1.807, 2.05) is 0 Å². The van der Waals surface area contributed by atoms with Crippen LogP contribution in [0.25, 0.3) is 99.2 Å². The molecule has 0 aliphatic rings. The van der Waals surface area contributed by atoms with E-state index in [1.54, 1.807) is 0 Å². The maximum absolute atomic E-state index is 9.94. The molecule has 0 saturated carbocycles. The number of rotatable bonds is 4. The molecule has 0 atom stereocenters. The van der Waals surface area contributed by atoms with E-state index in [0.29, 0.717) is 0 Å². The number of benzene rings is 8. The zero-order valence-corrected chi connectivity index (χ0v) is 23.8. The average Bonchev–Trinajstić information content (AvgIpc) is 3.99. The highest BCUT2D eigenvalue weighted by molar-refractivity contribution is 6.22. The second kappa shape index (κ2) is 10.6. The molecule has 48 heavy (non-hydrogen) atoms. The van der Waals surface area contributed by atoms with Crippen LogP contribution in [0.15, 0.2) is 178 Å². The second-order valence-electron chi connectivity index (χ2n) is 10.3. The van der Waals surface area contributed by atoms with Crippen LogP contribution < -0.4 is 0 Å². The normalized spacial score (nSPS) is 19.9. The van der Waals surface area contributed by atoms with Crippen LogP contribution in [0.1, 0.15) is 38.4 Å². The molecule has 0 radical (unpaired) electrons. The predicted octanol–water partition coefficient (Wildman–Crippen LogP) is 13.3. The Morgan fingerprint density at radius 3 is 1.31 bits per heavy atom. The molecule has 0 N–H and O–H groups in total. The first kappa shape index (κ1) is 11.1. The number of furan rings is 2. The Labute approximate surface area is 316 Å². The van der Waals surface area contributed by atoms with Crippen molar-refractivity contribution in [1.29, 1.82) is 0 Å². The molecule has 224 valence electrons. The van der Waals surface area contributed by atoms with E-state index in [0.717, 1.165) is 0 Å². The molecule has 8 aromatic carbocycles. The minimum atomic E-state index is -0.987. The van der Waals surface area contributed by atoms with Crippen LogP contribution in [0.4, 0.5) is 0 Å². The minimum Gasteiger partial charge on any atom is -0.456 e. The smallest absolute Gasteiger partial charge is 0.143 e. The fraction of sp³-hybridized carbons (Fsp3) is 0. The summed E-state index contributed by atoms with van der Waals surface area (Å²) in [5.41, 5.74) is -7.01. The summed E-state index contributed by atoms with van der Waals surface area (Å²) in [6.45, 7) is 0. The highest BCUT2D eigenvalue weighted by Gasteiger charge is 2.21. The number of hydrogen-bond donors (Lipinski definition) is 0. The molecular formula is C46H28O2. The van der Waals surface area contributed by atoms with E-state index < -0.39 is 268 Å². The van der Waals surface area contributed by atoms with E-state index in [-0.39, 0.29) is 0 Å². The molecule has 0 amide bonds. The van der Waals surface area contributed by atoms with Crippen molar-refractivity contribution in [3.8, 4) is 44.7 Å². The van der Waals surface area contributed by atoms with Crippen molar-refractivity contribution < 1.29 is 47.2 Å². The third-order valence-corrected chi connectivity index (χ3v) is 7.70. The van der Waals surface area contributed by atoms with Gasteiger partial charge in [-0.1, -0.05) is 145 Å². The molecule has 0 aliphatic heterocycles. The summed E-state index contributed by atoms with van der Waals surface area (Å²) in [4.78, 5) is 0. The van der Waals surface area contributed by atoms with E-state index >= 15 is 0 Å². The number of fused-ring (bicyclic) bond motifs is 6. The van der Waals surface area contributed by atoms with Gasteiger partial charge in [-0.05, 0) is 73.5 Å². The molecule has 10 rings (SSSR count). The van der Waals surface area contributed by atoms with Gasteiger partial charge in [0.05, 0.1) is 38.4 Å². The van der Waals surface area contributed by atoms with Crippen molar-refractivity contribution in [2.75, 3.05) is 0 Å². The van der Waals surface area contributed by atoms with Gasteiger partial charge < -0.3 is 8.83 Å². The van der Waals surface area contributed by atoms with Crippen LogP contribution in [0, 0.1) is 0 Å². The Hall–Kier alpha value is -6.38. The Morgan fingerprint density at radius 1 is 0.292 bits per heavy atom. The molecule has 10 aromatic rings. The van der Waals surface area contributed by atoms with Crippen LogP contribution >= 0.6 is 0 Å². The summed E-state index contributed by atoms with van der Waals surface area (Å²) in [6, 6.07) is -25.7. The van der Waals surface area contributed by atoms with Crippen molar-refractivity contribution in [2.45, 2.75) is 0 Å². The van der Waals surface area contributed by atoms with Gasteiger partial charge >= 0.3 is 0 Å². The molecule has 2 heterocycles. The summed E-state index contributed by atoms with van der Waals surface area (Å²) in [5, 5.41) is -4.51. The Kier molecular flexibility index (Phi) is 2.45. The monoisotopic (exact) mass is 640 g/mol.